The number of hydrogen-bond acceptors (Lipinski definition) is 11. The van der Waals surface area contributed by atoms with Gasteiger partial charge in [-0.15, -0.1) is 0 Å². The smallest absolute Gasteiger partial charge is 0.255 e. The van der Waals surface area contributed by atoms with Gasteiger partial charge in [0, 0.05) is 31.4 Å². The van der Waals surface area contributed by atoms with E-state index < -0.39 is 69.9 Å². The first-order chi connectivity index (χ1) is 16.6. The molecule has 0 radical (unpaired) electrons. The van der Waals surface area contributed by atoms with Crippen molar-refractivity contribution < 1.29 is 44.7 Å². The minimum absolute atomic E-state index is 0.0243. The fraction of sp³-hybridized carbons (Fsp3) is 0.458. The van der Waals surface area contributed by atoms with Gasteiger partial charge in [0.05, 0.1) is 12.7 Å². The first-order valence-electron chi connectivity index (χ1n) is 11.1. The van der Waals surface area contributed by atoms with Crippen LogP contribution >= 0.6 is 0 Å². The Labute approximate surface area is 206 Å². The lowest BCUT2D eigenvalue weighted by Gasteiger charge is -2.55. The number of nitrogens with zero attached hydrogens (tertiary/aromatic N) is 2. The summed E-state index contributed by atoms with van der Waals surface area (Å²) in [4.78, 5) is 42.0. The highest BCUT2D eigenvalue weighted by Gasteiger charge is 2.72. The number of aliphatic hydroxyl groups excluding tert-OH is 2. The van der Waals surface area contributed by atoms with E-state index in [0.29, 0.717) is 11.3 Å². The van der Waals surface area contributed by atoms with Crippen LogP contribution in [0.15, 0.2) is 23.0 Å². The van der Waals surface area contributed by atoms with Crippen molar-refractivity contribution in [1.82, 2.24) is 4.90 Å². The highest BCUT2D eigenvalue weighted by Crippen LogP contribution is 2.56. The van der Waals surface area contributed by atoms with Gasteiger partial charge in [0.15, 0.2) is 23.0 Å². The predicted octanol–water partition coefficient (Wildman–Crippen LogP) is -0.846. The molecule has 0 saturated heterocycles. The topological polar surface area (TPSA) is 194 Å². The standard InChI is InChI=1S/C24H29N3O9/c1-26(2)11-7-12(36-5)16(28)14-10(11)6-9-8-23(34)19(27(3)4)18(30)15(22(25)33)21(32)24(23,35)20(31)13(9)17(14)29/h7,9,19,28-29,32,34-35H,6,8H2,1-5H3,(H2,25,33)/t9-,19+,23+,24-/m0/s1. The SMILES string of the molecule is COc1cc(N(C)C)c2c(c1O)C(O)=C1C(=O)[C@]3(O)C(O)=C(C(N)=O)C(=O)[C@@H](N(C)C)[C@]3(O)C[C@@H]1C2. The molecule has 3 aliphatic carbocycles. The first kappa shape index (κ1) is 25.5. The van der Waals surface area contributed by atoms with Crippen LogP contribution in [0.25, 0.3) is 5.76 Å². The van der Waals surface area contributed by atoms with Crippen LogP contribution in [-0.4, -0.2) is 100 Å². The summed E-state index contributed by atoms with van der Waals surface area (Å²) in [5, 5.41) is 56.4. The molecular formula is C24H29N3O9. The van der Waals surface area contributed by atoms with Gasteiger partial charge in [-0.05, 0) is 38.4 Å². The molecule has 0 bridgehead atoms. The molecule has 0 heterocycles. The molecule has 0 unspecified atom stereocenters. The number of phenols is 1. The lowest BCUT2D eigenvalue weighted by atomic mass is 9.55. The number of ether oxygens (including phenoxy) is 1. The van der Waals surface area contributed by atoms with E-state index >= 15 is 0 Å². The minimum atomic E-state index is -3.17. The largest absolute Gasteiger partial charge is 0.508 e. The third kappa shape index (κ3) is 2.95. The number of aromatic hydroxyl groups is 1. The number of ketones is 2. The highest BCUT2D eigenvalue weighted by atomic mass is 16.5. The van der Waals surface area contributed by atoms with Crippen LogP contribution in [0, 0.1) is 5.92 Å². The van der Waals surface area contributed by atoms with Crippen molar-refractivity contribution in [2.75, 3.05) is 40.2 Å². The van der Waals surface area contributed by atoms with Gasteiger partial charge in [-0.25, -0.2) is 0 Å². The summed E-state index contributed by atoms with van der Waals surface area (Å²) in [6.45, 7) is 0. The van der Waals surface area contributed by atoms with Gasteiger partial charge in [0.1, 0.15) is 23.0 Å². The summed E-state index contributed by atoms with van der Waals surface area (Å²) in [7, 11) is 7.59. The lowest BCUT2D eigenvalue weighted by molar-refractivity contribution is -0.202. The van der Waals surface area contributed by atoms with E-state index in [0.717, 1.165) is 0 Å². The zero-order valence-electron chi connectivity index (χ0n) is 20.5. The molecule has 4 atom stereocenters. The van der Waals surface area contributed by atoms with Gasteiger partial charge in [0.25, 0.3) is 5.91 Å². The lowest BCUT2D eigenvalue weighted by Crippen LogP contribution is -2.76. The average Bonchev–Trinajstić information content (AvgIpc) is 2.76. The third-order valence-corrected chi connectivity index (χ3v) is 7.45. The second-order valence-corrected chi connectivity index (χ2v) is 9.84. The second kappa shape index (κ2) is 7.95. The molecule has 0 aromatic heterocycles. The van der Waals surface area contributed by atoms with Crippen molar-refractivity contribution in [2.45, 2.75) is 30.1 Å². The fourth-order valence-corrected chi connectivity index (χ4v) is 5.92. The number of anilines is 1. The van der Waals surface area contributed by atoms with E-state index in [-0.39, 0.29) is 23.3 Å². The van der Waals surface area contributed by atoms with Crippen molar-refractivity contribution in [3.05, 3.63) is 34.1 Å². The third-order valence-electron chi connectivity index (χ3n) is 7.45. The zero-order chi connectivity index (χ0) is 27.1. The molecule has 12 heteroatoms. The summed E-state index contributed by atoms with van der Waals surface area (Å²) < 4.78 is 5.22. The van der Waals surface area contributed by atoms with Gasteiger partial charge in [-0.1, -0.05) is 0 Å². The fourth-order valence-electron chi connectivity index (χ4n) is 5.92. The molecule has 1 aromatic carbocycles. The number of hydrogen-bond donors (Lipinski definition) is 6. The Morgan fingerprint density at radius 3 is 2.25 bits per heavy atom. The number of phenolic OH excluding ortho intramolecular Hbond substituents is 1. The maximum absolute atomic E-state index is 13.9. The van der Waals surface area contributed by atoms with Crippen LogP contribution < -0.4 is 15.4 Å². The summed E-state index contributed by atoms with van der Waals surface area (Å²) in [6.07, 6.45) is -0.413. The van der Waals surface area contributed by atoms with Gasteiger partial charge in [-0.3, -0.25) is 19.3 Å². The maximum Gasteiger partial charge on any atom is 0.255 e. The zero-order valence-corrected chi connectivity index (χ0v) is 20.5. The number of methoxy groups -OCH3 is 1. The average molecular weight is 504 g/mol. The van der Waals surface area contributed by atoms with Crippen molar-refractivity contribution >= 4 is 28.9 Å². The van der Waals surface area contributed by atoms with E-state index in [9.17, 15) is 39.9 Å². The summed E-state index contributed by atoms with van der Waals surface area (Å²) in [5.41, 5.74) is -0.924. The molecule has 4 rings (SSSR count). The number of likely N-dealkylation sites (N-methyl/N-ethyl adjacent to an activating group) is 1. The van der Waals surface area contributed by atoms with Crippen LogP contribution in [0.3, 0.4) is 0 Å². The Hall–Kier alpha value is -3.61. The predicted molar refractivity (Wildman–Crippen MR) is 127 cm³/mol. The Morgan fingerprint density at radius 2 is 1.75 bits per heavy atom. The van der Waals surface area contributed by atoms with Crippen LogP contribution in [0.2, 0.25) is 0 Å². The monoisotopic (exact) mass is 503 g/mol. The number of Topliss-reactive ketones (excluding diaryl/α,β-unsaturated/α-hetero) is 2. The number of nitrogens with two attached hydrogens (primary N) is 1. The quantitative estimate of drug-likeness (QED) is 0.280. The normalized spacial score (nSPS) is 29.7. The second-order valence-electron chi connectivity index (χ2n) is 9.84. The van der Waals surface area contributed by atoms with Gasteiger partial charge < -0.3 is 40.9 Å². The number of aliphatic hydroxyl groups is 4. The van der Waals surface area contributed by atoms with Gasteiger partial charge in [-0.2, -0.15) is 0 Å². The number of fused-ring (bicyclic) bond motifs is 3. The highest BCUT2D eigenvalue weighted by molar-refractivity contribution is 6.25. The minimum Gasteiger partial charge on any atom is -0.508 e. The number of carbonyl (C=O) groups excluding carboxylic acids is 3. The van der Waals surface area contributed by atoms with E-state index in [1.165, 1.54) is 26.1 Å². The number of rotatable bonds is 4. The molecule has 0 aliphatic heterocycles. The van der Waals surface area contributed by atoms with E-state index in [4.69, 9.17) is 10.5 Å². The van der Waals surface area contributed by atoms with E-state index in [1.54, 1.807) is 25.1 Å². The number of carbonyl (C=O) groups is 3. The molecule has 12 nitrogen and oxygen atoms in total. The van der Waals surface area contributed by atoms with Crippen molar-refractivity contribution in [3.63, 3.8) is 0 Å². The molecule has 0 spiro atoms. The number of benzene rings is 1. The van der Waals surface area contributed by atoms with Crippen LogP contribution in [0.1, 0.15) is 17.5 Å². The molecule has 1 saturated carbocycles. The van der Waals surface area contributed by atoms with Crippen molar-refractivity contribution in [3.8, 4) is 11.5 Å². The molecule has 194 valence electrons. The molecule has 7 N–H and O–H groups in total. The van der Waals surface area contributed by atoms with Crippen LogP contribution in [0.5, 0.6) is 11.5 Å². The molecule has 1 aromatic rings. The molecule has 1 amide bonds. The Morgan fingerprint density at radius 1 is 1.14 bits per heavy atom. The first-order valence-corrected chi connectivity index (χ1v) is 11.1. The molecule has 1 fully saturated rings. The Kier molecular flexibility index (Phi) is 5.63. The Balaban J connectivity index is 2.06. The van der Waals surface area contributed by atoms with Crippen molar-refractivity contribution in [1.29, 1.82) is 0 Å². The molecule has 3 aliphatic rings. The molecule has 36 heavy (non-hydrogen) atoms. The summed E-state index contributed by atoms with van der Waals surface area (Å²) in [6, 6.07) is -0.0599. The summed E-state index contributed by atoms with van der Waals surface area (Å²) in [5.74, 6) is -7.13. The van der Waals surface area contributed by atoms with Gasteiger partial charge >= 0.3 is 0 Å². The maximum atomic E-state index is 13.9. The van der Waals surface area contributed by atoms with Crippen LogP contribution in [0.4, 0.5) is 5.69 Å². The summed E-state index contributed by atoms with van der Waals surface area (Å²) >= 11 is 0. The number of primary amides is 1. The van der Waals surface area contributed by atoms with Gasteiger partial charge in [0.2, 0.25) is 11.4 Å². The Bertz CT molecular complexity index is 1280. The van der Waals surface area contributed by atoms with Crippen molar-refractivity contribution in [2.24, 2.45) is 11.7 Å². The molecular weight excluding hydrogens is 474 g/mol. The van der Waals surface area contributed by atoms with E-state index in [2.05, 4.69) is 0 Å². The van der Waals surface area contributed by atoms with Crippen LogP contribution in [-0.2, 0) is 20.8 Å². The van der Waals surface area contributed by atoms with E-state index in [1.807, 2.05) is 0 Å². The number of amides is 1.